The van der Waals surface area contributed by atoms with Gasteiger partial charge in [-0.25, -0.2) is 0 Å². The van der Waals surface area contributed by atoms with Gasteiger partial charge < -0.3 is 10.6 Å². The molecule has 7 heteroatoms. The van der Waals surface area contributed by atoms with Crippen molar-refractivity contribution in [3.63, 3.8) is 0 Å². The van der Waals surface area contributed by atoms with E-state index in [1.165, 1.54) is 25.1 Å². The third-order valence-corrected chi connectivity index (χ3v) is 2.73. The van der Waals surface area contributed by atoms with Gasteiger partial charge in [0.25, 0.3) is 11.6 Å². The molecule has 0 bridgehead atoms. The summed E-state index contributed by atoms with van der Waals surface area (Å²) in [6.07, 6.45) is 0.809. The van der Waals surface area contributed by atoms with Crippen LogP contribution < -0.4 is 10.6 Å². The van der Waals surface area contributed by atoms with Crippen LogP contribution in [-0.4, -0.2) is 29.8 Å². The lowest BCUT2D eigenvalue weighted by atomic mass is 10.1. The van der Waals surface area contributed by atoms with Crippen molar-refractivity contribution in [1.29, 1.82) is 0 Å². The average Bonchev–Trinajstić information content (AvgIpc) is 2.42. The lowest BCUT2D eigenvalue weighted by Crippen LogP contribution is -2.37. The number of nitro groups is 1. The van der Waals surface area contributed by atoms with Crippen molar-refractivity contribution in [2.24, 2.45) is 0 Å². The van der Waals surface area contributed by atoms with Crippen LogP contribution in [0.4, 0.5) is 5.69 Å². The largest absolute Gasteiger partial charge is 0.355 e. The standard InChI is InChI=1S/C13H17N3O4/c1-3-7-14-12(17)8-15-13(18)10-5-4-6-11(9(10)2)16(19)20/h4-6H,3,7-8H2,1-2H3,(H,14,17)(H,15,18). The Labute approximate surface area is 116 Å². The van der Waals surface area contributed by atoms with E-state index in [0.29, 0.717) is 6.54 Å². The highest BCUT2D eigenvalue weighted by Gasteiger charge is 2.18. The molecule has 0 atom stereocenters. The third kappa shape index (κ3) is 4.04. The van der Waals surface area contributed by atoms with E-state index in [1.54, 1.807) is 0 Å². The van der Waals surface area contributed by atoms with Crippen LogP contribution >= 0.6 is 0 Å². The normalized spacial score (nSPS) is 9.90. The van der Waals surface area contributed by atoms with E-state index >= 15 is 0 Å². The Morgan fingerprint density at radius 1 is 1.30 bits per heavy atom. The molecule has 0 unspecified atom stereocenters. The first-order chi connectivity index (χ1) is 9.47. The third-order valence-electron chi connectivity index (χ3n) is 2.73. The molecule has 0 saturated heterocycles. The molecule has 0 spiro atoms. The molecule has 2 N–H and O–H groups in total. The SMILES string of the molecule is CCCNC(=O)CNC(=O)c1cccc([N+](=O)[O-])c1C. The molecular weight excluding hydrogens is 262 g/mol. The number of benzene rings is 1. The van der Waals surface area contributed by atoms with Crippen LogP contribution in [0, 0.1) is 17.0 Å². The second-order valence-corrected chi connectivity index (χ2v) is 4.24. The van der Waals surface area contributed by atoms with Gasteiger partial charge in [-0.3, -0.25) is 19.7 Å². The first-order valence-corrected chi connectivity index (χ1v) is 6.26. The quantitative estimate of drug-likeness (QED) is 0.602. The zero-order valence-electron chi connectivity index (χ0n) is 11.4. The van der Waals surface area contributed by atoms with Gasteiger partial charge in [0, 0.05) is 23.7 Å². The van der Waals surface area contributed by atoms with Gasteiger partial charge in [-0.2, -0.15) is 0 Å². The van der Waals surface area contributed by atoms with Crippen LogP contribution in [0.15, 0.2) is 18.2 Å². The molecule has 0 aliphatic heterocycles. The Balaban J connectivity index is 2.71. The Morgan fingerprint density at radius 3 is 2.60 bits per heavy atom. The van der Waals surface area contributed by atoms with E-state index in [1.807, 2.05) is 6.92 Å². The molecule has 1 rings (SSSR count). The van der Waals surface area contributed by atoms with Crippen molar-refractivity contribution in [2.75, 3.05) is 13.1 Å². The van der Waals surface area contributed by atoms with Crippen molar-refractivity contribution in [2.45, 2.75) is 20.3 Å². The molecular formula is C13H17N3O4. The summed E-state index contributed by atoms with van der Waals surface area (Å²) in [4.78, 5) is 33.5. The van der Waals surface area contributed by atoms with E-state index < -0.39 is 10.8 Å². The molecule has 0 aliphatic rings. The van der Waals surface area contributed by atoms with Gasteiger partial charge in [0.15, 0.2) is 0 Å². The summed E-state index contributed by atoms with van der Waals surface area (Å²) in [7, 11) is 0. The molecule has 1 aromatic carbocycles. The molecule has 7 nitrogen and oxygen atoms in total. The zero-order chi connectivity index (χ0) is 15.1. The first kappa shape index (κ1) is 15.6. The summed E-state index contributed by atoms with van der Waals surface area (Å²) >= 11 is 0. The molecule has 0 heterocycles. The summed E-state index contributed by atoms with van der Waals surface area (Å²) < 4.78 is 0. The molecule has 2 amide bonds. The summed E-state index contributed by atoms with van der Waals surface area (Å²) in [6.45, 7) is 3.82. The van der Waals surface area contributed by atoms with Crippen molar-refractivity contribution in [3.8, 4) is 0 Å². The fraction of sp³-hybridized carbons (Fsp3) is 0.385. The lowest BCUT2D eigenvalue weighted by molar-refractivity contribution is -0.385. The van der Waals surface area contributed by atoms with Crippen molar-refractivity contribution < 1.29 is 14.5 Å². The van der Waals surface area contributed by atoms with Gasteiger partial charge in [0.05, 0.1) is 11.5 Å². The Kier molecular flexibility index (Phi) is 5.64. The van der Waals surface area contributed by atoms with Crippen LogP contribution in [0.2, 0.25) is 0 Å². The number of nitro benzene ring substituents is 1. The fourth-order valence-corrected chi connectivity index (χ4v) is 1.65. The van der Waals surface area contributed by atoms with E-state index in [2.05, 4.69) is 10.6 Å². The molecule has 0 radical (unpaired) electrons. The number of rotatable bonds is 6. The van der Waals surface area contributed by atoms with E-state index in [0.717, 1.165) is 6.42 Å². The summed E-state index contributed by atoms with van der Waals surface area (Å²) in [6, 6.07) is 4.26. The van der Waals surface area contributed by atoms with E-state index in [-0.39, 0.29) is 29.3 Å². The van der Waals surface area contributed by atoms with Crippen molar-refractivity contribution in [3.05, 3.63) is 39.4 Å². The van der Waals surface area contributed by atoms with Crippen LogP contribution in [0.25, 0.3) is 0 Å². The van der Waals surface area contributed by atoms with Crippen molar-refractivity contribution >= 4 is 17.5 Å². The minimum absolute atomic E-state index is 0.118. The van der Waals surface area contributed by atoms with Crippen molar-refractivity contribution in [1.82, 2.24) is 10.6 Å². The van der Waals surface area contributed by atoms with Gasteiger partial charge in [-0.05, 0) is 19.4 Å². The molecule has 20 heavy (non-hydrogen) atoms. The topological polar surface area (TPSA) is 101 Å². The number of amides is 2. The number of nitrogens with one attached hydrogen (secondary N) is 2. The number of hydrogen-bond donors (Lipinski definition) is 2. The summed E-state index contributed by atoms with van der Waals surface area (Å²) in [5.74, 6) is -0.791. The Hall–Kier alpha value is -2.44. The highest BCUT2D eigenvalue weighted by Crippen LogP contribution is 2.20. The Morgan fingerprint density at radius 2 is 2.00 bits per heavy atom. The molecule has 0 aromatic heterocycles. The minimum atomic E-state index is -0.542. The summed E-state index contributed by atoms with van der Waals surface area (Å²) in [5.41, 5.74) is 0.361. The molecule has 0 aliphatic carbocycles. The molecule has 0 saturated carbocycles. The number of hydrogen-bond acceptors (Lipinski definition) is 4. The van der Waals surface area contributed by atoms with Crippen LogP contribution in [0.1, 0.15) is 29.3 Å². The highest BCUT2D eigenvalue weighted by atomic mass is 16.6. The summed E-state index contributed by atoms with van der Waals surface area (Å²) in [5, 5.41) is 15.9. The van der Waals surface area contributed by atoms with Crippen LogP contribution in [0.3, 0.4) is 0 Å². The maximum atomic E-state index is 11.9. The molecule has 108 valence electrons. The van der Waals surface area contributed by atoms with E-state index in [9.17, 15) is 19.7 Å². The Bertz CT molecular complexity index is 528. The maximum absolute atomic E-state index is 11.9. The van der Waals surface area contributed by atoms with Gasteiger partial charge in [-0.15, -0.1) is 0 Å². The van der Waals surface area contributed by atoms with Gasteiger partial charge >= 0.3 is 0 Å². The number of carbonyl (C=O) groups is 2. The van der Waals surface area contributed by atoms with Crippen LogP contribution in [0.5, 0.6) is 0 Å². The predicted molar refractivity (Wildman–Crippen MR) is 73.5 cm³/mol. The molecule has 1 aromatic rings. The van der Waals surface area contributed by atoms with E-state index in [4.69, 9.17) is 0 Å². The second kappa shape index (κ2) is 7.22. The fourth-order valence-electron chi connectivity index (χ4n) is 1.65. The molecule has 0 fully saturated rings. The van der Waals surface area contributed by atoms with Crippen LogP contribution in [-0.2, 0) is 4.79 Å². The average molecular weight is 279 g/mol. The van der Waals surface area contributed by atoms with Gasteiger partial charge in [-0.1, -0.05) is 13.0 Å². The highest BCUT2D eigenvalue weighted by molar-refractivity contribution is 5.98. The monoisotopic (exact) mass is 279 g/mol. The first-order valence-electron chi connectivity index (χ1n) is 6.26. The lowest BCUT2D eigenvalue weighted by Gasteiger charge is -2.08. The predicted octanol–water partition coefficient (Wildman–Crippen LogP) is 1.16. The minimum Gasteiger partial charge on any atom is -0.355 e. The van der Waals surface area contributed by atoms with Gasteiger partial charge in [0.1, 0.15) is 0 Å². The second-order valence-electron chi connectivity index (χ2n) is 4.24. The zero-order valence-corrected chi connectivity index (χ0v) is 11.4. The maximum Gasteiger partial charge on any atom is 0.273 e. The number of carbonyl (C=O) groups excluding carboxylic acids is 2. The van der Waals surface area contributed by atoms with Gasteiger partial charge in [0.2, 0.25) is 5.91 Å². The smallest absolute Gasteiger partial charge is 0.273 e. The number of nitrogens with zero attached hydrogens (tertiary/aromatic N) is 1.